The van der Waals surface area contributed by atoms with Gasteiger partial charge in [-0.25, -0.2) is 0 Å². The van der Waals surface area contributed by atoms with Crippen molar-refractivity contribution in [1.29, 1.82) is 0 Å². The predicted molar refractivity (Wildman–Crippen MR) is 60.2 cm³/mol. The normalized spacial score (nSPS) is 17.6. The fourth-order valence-corrected chi connectivity index (χ4v) is 2.04. The molecule has 1 aromatic rings. The van der Waals surface area contributed by atoms with E-state index >= 15 is 0 Å². The number of carbonyl (C=O) groups is 1. The summed E-state index contributed by atoms with van der Waals surface area (Å²) in [6.45, 7) is 4.35. The van der Waals surface area contributed by atoms with E-state index in [0.29, 0.717) is 12.2 Å². The zero-order valence-electron chi connectivity index (χ0n) is 9.69. The van der Waals surface area contributed by atoms with Crippen LogP contribution in [0.5, 0.6) is 0 Å². The van der Waals surface area contributed by atoms with Crippen LogP contribution in [-0.4, -0.2) is 28.8 Å². The highest BCUT2D eigenvalue weighted by Crippen LogP contribution is 2.17. The Morgan fingerprint density at radius 1 is 1.56 bits per heavy atom. The van der Waals surface area contributed by atoms with Gasteiger partial charge in [-0.3, -0.25) is 9.48 Å². The molecule has 1 aliphatic rings. The molecule has 0 bridgehead atoms. The molecule has 0 spiro atoms. The molecule has 1 aliphatic heterocycles. The molecule has 0 saturated carbocycles. The summed E-state index contributed by atoms with van der Waals surface area (Å²) in [6, 6.07) is 0. The second-order valence-corrected chi connectivity index (χ2v) is 4.23. The van der Waals surface area contributed by atoms with Crippen molar-refractivity contribution in [2.24, 2.45) is 5.92 Å². The highest BCUT2D eigenvalue weighted by Gasteiger charge is 2.21. The smallest absolute Gasteiger partial charge is 0.140 e. The number of Topliss-reactive ketones (excluding diaryl/α,β-unsaturated/α-hetero) is 1. The topological polar surface area (TPSA) is 44.1 Å². The lowest BCUT2D eigenvalue weighted by Gasteiger charge is -2.20. The maximum Gasteiger partial charge on any atom is 0.140 e. The van der Waals surface area contributed by atoms with E-state index in [1.54, 1.807) is 6.20 Å². The van der Waals surface area contributed by atoms with Crippen molar-refractivity contribution in [3.05, 3.63) is 18.0 Å². The van der Waals surface area contributed by atoms with Crippen LogP contribution in [0.4, 0.5) is 0 Å². The summed E-state index contributed by atoms with van der Waals surface area (Å²) in [4.78, 5) is 12.0. The lowest BCUT2D eigenvalue weighted by molar-refractivity contribution is -0.125. The highest BCUT2D eigenvalue weighted by atomic mass is 16.5. The van der Waals surface area contributed by atoms with Crippen LogP contribution in [0.3, 0.4) is 0 Å². The average Bonchev–Trinajstić information content (AvgIpc) is 2.78. The number of aromatic nitrogens is 2. The molecule has 0 N–H and O–H groups in total. The predicted octanol–water partition coefficient (Wildman–Crippen LogP) is 1.44. The molecule has 1 saturated heterocycles. The van der Waals surface area contributed by atoms with Crippen LogP contribution in [-0.2, 0) is 22.5 Å². The molecule has 4 nitrogen and oxygen atoms in total. The van der Waals surface area contributed by atoms with Crippen LogP contribution in [0.15, 0.2) is 12.4 Å². The summed E-state index contributed by atoms with van der Waals surface area (Å²) < 4.78 is 7.11. The van der Waals surface area contributed by atoms with Crippen molar-refractivity contribution in [3.8, 4) is 0 Å². The molecule has 2 rings (SSSR count). The number of aryl methyl sites for hydroxylation is 1. The largest absolute Gasteiger partial charge is 0.381 e. The van der Waals surface area contributed by atoms with E-state index in [2.05, 4.69) is 5.10 Å². The Balaban J connectivity index is 1.90. The molecular weight excluding hydrogens is 204 g/mol. The molecule has 0 aromatic carbocycles. The Hall–Kier alpha value is -1.16. The van der Waals surface area contributed by atoms with Crippen LogP contribution in [0.25, 0.3) is 0 Å². The van der Waals surface area contributed by atoms with E-state index in [1.165, 1.54) is 0 Å². The van der Waals surface area contributed by atoms with Gasteiger partial charge >= 0.3 is 0 Å². The molecule has 0 aliphatic carbocycles. The third-order valence-corrected chi connectivity index (χ3v) is 3.07. The number of hydrogen-bond acceptors (Lipinski definition) is 3. The highest BCUT2D eigenvalue weighted by molar-refractivity contribution is 5.83. The fraction of sp³-hybridized carbons (Fsp3) is 0.667. The van der Waals surface area contributed by atoms with Gasteiger partial charge in [-0.2, -0.15) is 5.10 Å². The van der Waals surface area contributed by atoms with Crippen LogP contribution in [0.1, 0.15) is 25.3 Å². The van der Waals surface area contributed by atoms with E-state index in [1.807, 2.05) is 17.8 Å². The molecule has 0 radical (unpaired) electrons. The minimum Gasteiger partial charge on any atom is -0.381 e. The molecule has 1 aromatic heterocycles. The van der Waals surface area contributed by atoms with Crippen molar-refractivity contribution < 1.29 is 9.53 Å². The first-order valence-electron chi connectivity index (χ1n) is 5.91. The first-order valence-corrected chi connectivity index (χ1v) is 5.91. The van der Waals surface area contributed by atoms with Gasteiger partial charge in [-0.15, -0.1) is 0 Å². The van der Waals surface area contributed by atoms with E-state index in [4.69, 9.17) is 4.74 Å². The molecule has 0 atom stereocenters. The van der Waals surface area contributed by atoms with Crippen molar-refractivity contribution in [3.63, 3.8) is 0 Å². The van der Waals surface area contributed by atoms with Crippen molar-refractivity contribution in [1.82, 2.24) is 9.78 Å². The third-order valence-electron chi connectivity index (χ3n) is 3.07. The maximum absolute atomic E-state index is 12.0. The molecule has 0 unspecified atom stereocenters. The third kappa shape index (κ3) is 2.70. The summed E-state index contributed by atoms with van der Waals surface area (Å²) in [5.41, 5.74) is 1.03. The monoisotopic (exact) mass is 222 g/mol. The number of hydrogen-bond donors (Lipinski definition) is 0. The van der Waals surface area contributed by atoms with Gasteiger partial charge in [0.2, 0.25) is 0 Å². The second-order valence-electron chi connectivity index (χ2n) is 4.23. The first-order chi connectivity index (χ1) is 7.79. The maximum atomic E-state index is 12.0. The summed E-state index contributed by atoms with van der Waals surface area (Å²) in [5.74, 6) is 0.526. The summed E-state index contributed by atoms with van der Waals surface area (Å²) in [6.07, 6.45) is 6.02. The molecule has 2 heterocycles. The number of carbonyl (C=O) groups excluding carboxylic acids is 1. The van der Waals surface area contributed by atoms with Crippen LogP contribution in [0.2, 0.25) is 0 Å². The van der Waals surface area contributed by atoms with Gasteiger partial charge in [-0.1, -0.05) is 0 Å². The van der Waals surface area contributed by atoms with Gasteiger partial charge in [0.1, 0.15) is 5.78 Å². The Morgan fingerprint density at radius 2 is 2.31 bits per heavy atom. The Bertz CT molecular complexity index is 354. The Morgan fingerprint density at radius 3 is 2.94 bits per heavy atom. The van der Waals surface area contributed by atoms with E-state index < -0.39 is 0 Å². The van der Waals surface area contributed by atoms with Gasteiger partial charge in [-0.05, 0) is 25.3 Å². The number of ketones is 1. The average molecular weight is 222 g/mol. The quantitative estimate of drug-likeness (QED) is 0.774. The van der Waals surface area contributed by atoms with Crippen LogP contribution in [0, 0.1) is 5.92 Å². The van der Waals surface area contributed by atoms with Crippen molar-refractivity contribution in [2.45, 2.75) is 32.7 Å². The Kier molecular flexibility index (Phi) is 3.72. The zero-order valence-corrected chi connectivity index (χ0v) is 9.69. The molecular formula is C12H18N2O2. The second kappa shape index (κ2) is 5.25. The van der Waals surface area contributed by atoms with Crippen molar-refractivity contribution in [2.75, 3.05) is 13.2 Å². The summed E-state index contributed by atoms with van der Waals surface area (Å²) in [7, 11) is 0. The van der Waals surface area contributed by atoms with Gasteiger partial charge in [0, 0.05) is 38.3 Å². The Labute approximate surface area is 95.6 Å². The lowest BCUT2D eigenvalue weighted by Crippen LogP contribution is -2.24. The number of nitrogens with zero attached hydrogens (tertiary/aromatic N) is 2. The number of rotatable bonds is 4. The zero-order chi connectivity index (χ0) is 11.4. The van der Waals surface area contributed by atoms with E-state index in [0.717, 1.165) is 38.2 Å². The first kappa shape index (κ1) is 11.3. The summed E-state index contributed by atoms with van der Waals surface area (Å²) >= 11 is 0. The fourth-order valence-electron chi connectivity index (χ4n) is 2.04. The number of ether oxygens (including phenoxy) is 1. The SMILES string of the molecule is CCn1cc(CC(=O)C2CCOCC2)cn1. The van der Waals surface area contributed by atoms with Gasteiger partial charge in [0.15, 0.2) is 0 Å². The molecule has 4 heteroatoms. The minimum absolute atomic E-state index is 0.193. The van der Waals surface area contributed by atoms with Crippen molar-refractivity contribution >= 4 is 5.78 Å². The van der Waals surface area contributed by atoms with E-state index in [-0.39, 0.29) is 5.92 Å². The van der Waals surface area contributed by atoms with Crippen LogP contribution >= 0.6 is 0 Å². The standard InChI is InChI=1S/C12H18N2O2/c1-2-14-9-10(8-13-14)7-12(15)11-3-5-16-6-4-11/h8-9,11H,2-7H2,1H3. The lowest BCUT2D eigenvalue weighted by atomic mass is 9.92. The molecule has 1 fully saturated rings. The van der Waals surface area contributed by atoms with Gasteiger partial charge in [0.25, 0.3) is 0 Å². The summed E-state index contributed by atoms with van der Waals surface area (Å²) in [5, 5.41) is 4.17. The molecule has 16 heavy (non-hydrogen) atoms. The minimum atomic E-state index is 0.193. The molecule has 88 valence electrons. The van der Waals surface area contributed by atoms with E-state index in [9.17, 15) is 4.79 Å². The van der Waals surface area contributed by atoms with Gasteiger partial charge < -0.3 is 4.74 Å². The molecule has 0 amide bonds. The van der Waals surface area contributed by atoms with Gasteiger partial charge in [0.05, 0.1) is 6.20 Å². The van der Waals surface area contributed by atoms with Crippen LogP contribution < -0.4 is 0 Å².